The molecule has 1 saturated carbocycles. The largest absolute Gasteiger partial charge is 0.390 e. The Hall–Kier alpha value is -3.89. The zero-order valence-corrected chi connectivity index (χ0v) is 20.0. The lowest BCUT2D eigenvalue weighted by Crippen LogP contribution is -2.26. The molecule has 8 nitrogen and oxygen atoms in total. The minimum atomic E-state index is -4.30. The number of aromatic nitrogens is 4. The Morgan fingerprint density at radius 2 is 2.00 bits per heavy atom. The second kappa shape index (κ2) is 8.96. The molecular formula is C25H25F3N6O2. The first-order chi connectivity index (χ1) is 17.1. The lowest BCUT2D eigenvalue weighted by atomic mass is 10.0. The van der Waals surface area contributed by atoms with Crippen molar-refractivity contribution in [3.05, 3.63) is 53.2 Å². The van der Waals surface area contributed by atoms with E-state index in [0.29, 0.717) is 39.6 Å². The van der Waals surface area contributed by atoms with Gasteiger partial charge in [0.1, 0.15) is 5.76 Å². The normalized spacial score (nSPS) is 13.8. The number of hydrogen-bond acceptors (Lipinski definition) is 6. The molecule has 0 aliphatic heterocycles. The summed E-state index contributed by atoms with van der Waals surface area (Å²) in [6.45, 7) is 5.05. The van der Waals surface area contributed by atoms with Gasteiger partial charge in [-0.1, -0.05) is 11.2 Å². The van der Waals surface area contributed by atoms with E-state index in [0.717, 1.165) is 24.0 Å². The lowest BCUT2D eigenvalue weighted by molar-refractivity contribution is -0.131. The molecule has 0 unspecified atom stereocenters. The maximum absolute atomic E-state index is 12.8. The first kappa shape index (κ1) is 23.8. The molecule has 188 valence electrons. The summed E-state index contributed by atoms with van der Waals surface area (Å²) in [7, 11) is 0. The summed E-state index contributed by atoms with van der Waals surface area (Å²) in [4.78, 5) is 21.6. The summed E-state index contributed by atoms with van der Waals surface area (Å²) >= 11 is 0. The van der Waals surface area contributed by atoms with Crippen molar-refractivity contribution in [2.75, 3.05) is 11.9 Å². The van der Waals surface area contributed by atoms with Crippen molar-refractivity contribution >= 4 is 17.4 Å². The van der Waals surface area contributed by atoms with Gasteiger partial charge in [0.15, 0.2) is 11.5 Å². The molecule has 0 radical (unpaired) electrons. The van der Waals surface area contributed by atoms with Crippen molar-refractivity contribution in [2.45, 2.75) is 52.3 Å². The van der Waals surface area contributed by atoms with Gasteiger partial charge in [0.25, 0.3) is 5.91 Å². The van der Waals surface area contributed by atoms with Crippen molar-refractivity contribution in [3.63, 3.8) is 0 Å². The second-order valence-corrected chi connectivity index (χ2v) is 9.08. The first-order valence-electron chi connectivity index (χ1n) is 11.6. The third-order valence-electron chi connectivity index (χ3n) is 6.16. The standard InChI is InChI=1S/C25H25F3N6O2/c1-13-10-16(4-7-18(13)24(35)31-17-5-6-17)20-11-30-23-22(29-9-8-25(26,27)28)32-19(12-34(20)23)21-14(2)33-36-15(21)3/h4,7,10-12,17H,5-6,8-9H2,1-3H3,(H,29,32)(H,31,35). The van der Waals surface area contributed by atoms with Crippen LogP contribution in [-0.2, 0) is 0 Å². The highest BCUT2D eigenvalue weighted by atomic mass is 19.4. The van der Waals surface area contributed by atoms with Crippen LogP contribution in [0.3, 0.4) is 0 Å². The van der Waals surface area contributed by atoms with Gasteiger partial charge in [-0.2, -0.15) is 13.2 Å². The highest BCUT2D eigenvalue weighted by molar-refractivity contribution is 5.96. The molecule has 3 heterocycles. The average molecular weight is 499 g/mol. The van der Waals surface area contributed by atoms with Crippen LogP contribution in [0.5, 0.6) is 0 Å². The number of nitrogens with zero attached hydrogens (tertiary/aromatic N) is 4. The fourth-order valence-corrected chi connectivity index (χ4v) is 4.18. The van der Waals surface area contributed by atoms with Crippen LogP contribution in [-0.4, -0.2) is 44.2 Å². The summed E-state index contributed by atoms with van der Waals surface area (Å²) in [6, 6.07) is 5.78. The molecule has 1 aliphatic rings. The van der Waals surface area contributed by atoms with E-state index in [1.54, 1.807) is 36.7 Å². The Bertz CT molecular complexity index is 1430. The molecule has 0 spiro atoms. The minimum Gasteiger partial charge on any atom is -0.367 e. The SMILES string of the molecule is Cc1cc(-c2cnc3c(NCCC(F)(F)F)nc(-c4c(C)noc4C)cn23)ccc1C(=O)NC1CC1. The Labute approximate surface area is 204 Å². The number of anilines is 1. The van der Waals surface area contributed by atoms with Gasteiger partial charge in [0.05, 0.1) is 35.3 Å². The van der Waals surface area contributed by atoms with E-state index in [9.17, 15) is 18.0 Å². The number of carbonyl (C=O) groups is 1. The third-order valence-corrected chi connectivity index (χ3v) is 6.16. The Kier molecular flexibility index (Phi) is 5.93. The van der Waals surface area contributed by atoms with Crippen LogP contribution >= 0.6 is 0 Å². The maximum atomic E-state index is 12.8. The maximum Gasteiger partial charge on any atom is 0.390 e. The number of amides is 1. The first-order valence-corrected chi connectivity index (χ1v) is 11.6. The molecule has 0 saturated heterocycles. The van der Waals surface area contributed by atoms with Crippen LogP contribution in [0.15, 0.2) is 35.1 Å². The molecule has 11 heteroatoms. The number of fused-ring (bicyclic) bond motifs is 1. The summed E-state index contributed by atoms with van der Waals surface area (Å²) in [5, 5.41) is 9.77. The van der Waals surface area contributed by atoms with E-state index < -0.39 is 12.6 Å². The van der Waals surface area contributed by atoms with E-state index in [-0.39, 0.29) is 24.3 Å². The molecule has 36 heavy (non-hydrogen) atoms. The monoisotopic (exact) mass is 498 g/mol. The third kappa shape index (κ3) is 4.77. The van der Waals surface area contributed by atoms with Gasteiger partial charge in [0.2, 0.25) is 0 Å². The van der Waals surface area contributed by atoms with Crippen molar-refractivity contribution in [1.82, 2.24) is 24.8 Å². The fourth-order valence-electron chi connectivity index (χ4n) is 4.18. The highest BCUT2D eigenvalue weighted by Gasteiger charge is 2.27. The predicted octanol–water partition coefficient (Wildman–Crippen LogP) is 5.23. The van der Waals surface area contributed by atoms with Crippen LogP contribution < -0.4 is 10.6 Å². The van der Waals surface area contributed by atoms with E-state index >= 15 is 0 Å². The van der Waals surface area contributed by atoms with Crippen LogP contribution in [0.1, 0.15) is 46.6 Å². The van der Waals surface area contributed by atoms with E-state index in [2.05, 4.69) is 25.8 Å². The Balaban J connectivity index is 1.57. The molecule has 1 fully saturated rings. The van der Waals surface area contributed by atoms with Gasteiger partial charge in [0, 0.05) is 29.9 Å². The number of benzene rings is 1. The van der Waals surface area contributed by atoms with Crippen LogP contribution in [0.25, 0.3) is 28.2 Å². The van der Waals surface area contributed by atoms with Crippen molar-refractivity contribution in [2.24, 2.45) is 0 Å². The average Bonchev–Trinajstić information content (AvgIpc) is 3.41. The lowest BCUT2D eigenvalue weighted by Gasteiger charge is -2.13. The predicted molar refractivity (Wildman–Crippen MR) is 128 cm³/mol. The molecule has 1 aromatic carbocycles. The molecule has 5 rings (SSSR count). The van der Waals surface area contributed by atoms with Crippen LogP contribution in [0.2, 0.25) is 0 Å². The molecular weight excluding hydrogens is 473 g/mol. The van der Waals surface area contributed by atoms with Gasteiger partial charge in [-0.15, -0.1) is 0 Å². The van der Waals surface area contributed by atoms with Crippen molar-refractivity contribution < 1.29 is 22.5 Å². The van der Waals surface area contributed by atoms with Gasteiger partial charge in [-0.05, 0) is 51.3 Å². The number of hydrogen-bond donors (Lipinski definition) is 2. The number of imidazole rings is 1. The molecule has 2 N–H and O–H groups in total. The highest BCUT2D eigenvalue weighted by Crippen LogP contribution is 2.32. The molecule has 4 aromatic rings. The number of carbonyl (C=O) groups excluding carboxylic acids is 1. The quantitative estimate of drug-likeness (QED) is 0.362. The number of aryl methyl sites for hydroxylation is 3. The topological polar surface area (TPSA) is 97.3 Å². The summed E-state index contributed by atoms with van der Waals surface area (Å²) in [6.07, 6.45) is 0.114. The number of alkyl halides is 3. The summed E-state index contributed by atoms with van der Waals surface area (Å²) in [5.74, 6) is 0.671. The molecule has 0 bridgehead atoms. The Morgan fingerprint density at radius 3 is 2.64 bits per heavy atom. The number of rotatable bonds is 7. The fraction of sp³-hybridized carbons (Fsp3) is 0.360. The van der Waals surface area contributed by atoms with Crippen LogP contribution in [0.4, 0.5) is 19.0 Å². The second-order valence-electron chi connectivity index (χ2n) is 9.08. The smallest absolute Gasteiger partial charge is 0.367 e. The number of halogens is 3. The molecule has 3 aromatic heterocycles. The summed E-state index contributed by atoms with van der Waals surface area (Å²) < 4.78 is 45.4. The summed E-state index contributed by atoms with van der Waals surface area (Å²) in [5.41, 5.74) is 5.08. The van der Waals surface area contributed by atoms with Crippen LogP contribution in [0, 0.1) is 20.8 Å². The van der Waals surface area contributed by atoms with Crippen molar-refractivity contribution in [1.29, 1.82) is 0 Å². The van der Waals surface area contributed by atoms with Gasteiger partial charge < -0.3 is 15.2 Å². The minimum absolute atomic E-state index is 0.0965. The molecule has 1 aliphatic carbocycles. The van der Waals surface area contributed by atoms with Gasteiger partial charge in [-0.25, -0.2) is 9.97 Å². The van der Waals surface area contributed by atoms with E-state index in [1.807, 2.05) is 19.1 Å². The zero-order chi connectivity index (χ0) is 25.6. The van der Waals surface area contributed by atoms with Gasteiger partial charge >= 0.3 is 6.18 Å². The zero-order valence-electron chi connectivity index (χ0n) is 20.0. The van der Waals surface area contributed by atoms with Crippen molar-refractivity contribution in [3.8, 4) is 22.5 Å². The van der Waals surface area contributed by atoms with E-state index in [4.69, 9.17) is 4.52 Å². The Morgan fingerprint density at radius 1 is 1.22 bits per heavy atom. The van der Waals surface area contributed by atoms with Gasteiger partial charge in [-0.3, -0.25) is 9.20 Å². The number of nitrogens with one attached hydrogen (secondary N) is 2. The molecule has 1 amide bonds. The molecule has 0 atom stereocenters. The van der Waals surface area contributed by atoms with E-state index in [1.165, 1.54) is 0 Å².